The van der Waals surface area contributed by atoms with Gasteiger partial charge in [-0.1, -0.05) is 0 Å². The van der Waals surface area contributed by atoms with Crippen LogP contribution in [0.25, 0.3) is 0 Å². The number of aliphatic hydroxyl groups excluding tert-OH is 1. The van der Waals surface area contributed by atoms with Gasteiger partial charge in [-0.25, -0.2) is 0 Å². The first kappa shape index (κ1) is 27.3. The molecule has 1 aliphatic carbocycles. The minimum Gasteiger partial charge on any atom is -0.147 e. The summed E-state index contributed by atoms with van der Waals surface area (Å²) in [4.78, 5) is 0. The van der Waals surface area contributed by atoms with E-state index < -0.39 is 16.6 Å². The fourth-order valence-corrected chi connectivity index (χ4v) is 30.3. The quantitative estimate of drug-likeness (QED) is 0.583. The molecular formula is C17H38Cl2NO2SiZr. The van der Waals surface area contributed by atoms with Crippen molar-refractivity contribution in [2.45, 2.75) is 62.8 Å². The molecule has 145 valence electrons. The average molecular weight is 479 g/mol. The van der Waals surface area contributed by atoms with Crippen molar-refractivity contribution in [2.24, 2.45) is 5.92 Å². The molecule has 0 radical (unpaired) electrons. The Hall–Kier alpha value is 1.04. The summed E-state index contributed by atoms with van der Waals surface area (Å²) in [5.74, 6) is 0.376. The van der Waals surface area contributed by atoms with Crippen LogP contribution in [0.3, 0.4) is 0 Å². The second-order valence-corrected chi connectivity index (χ2v) is 41.0. The van der Waals surface area contributed by atoms with Gasteiger partial charge in [0.25, 0.3) is 0 Å². The monoisotopic (exact) mass is 476 g/mol. The molecule has 1 aliphatic rings. The van der Waals surface area contributed by atoms with Gasteiger partial charge in [-0.15, -0.1) is 24.8 Å². The number of allylic oxidation sites excluding steroid dienone is 4. The summed E-state index contributed by atoms with van der Waals surface area (Å²) in [6.45, 7) is 17.7. The van der Waals surface area contributed by atoms with E-state index >= 15 is 0 Å². The van der Waals surface area contributed by atoms with Crippen molar-refractivity contribution in [2.75, 3.05) is 13.7 Å². The molecule has 24 heavy (non-hydrogen) atoms. The van der Waals surface area contributed by atoms with Gasteiger partial charge in [0.05, 0.1) is 0 Å². The third-order valence-electron chi connectivity index (χ3n) is 5.91. The molecule has 0 aromatic carbocycles. The van der Waals surface area contributed by atoms with Crippen molar-refractivity contribution in [3.05, 3.63) is 20.0 Å². The molecule has 0 saturated heterocycles. The summed E-state index contributed by atoms with van der Waals surface area (Å²) in [6.07, 6.45) is 0. The molecule has 1 rings (SSSR count). The molecule has 2 N–H and O–H groups in total. The van der Waals surface area contributed by atoms with Crippen LogP contribution in [0.2, 0.25) is 8.76 Å². The molecule has 1 unspecified atom stereocenters. The summed E-state index contributed by atoms with van der Waals surface area (Å²) >= 11 is -4.50. The first-order valence-corrected chi connectivity index (χ1v) is 21.9. The second-order valence-electron chi connectivity index (χ2n) is 9.11. The fraction of sp³-hybridized carbons (Fsp3) is 0.765. The van der Waals surface area contributed by atoms with Crippen LogP contribution in [0.1, 0.15) is 48.5 Å². The average Bonchev–Trinajstić information content (AvgIpc) is 2.53. The SMILES string of the molecule is C[O][Zr]([CH3])(=[SiH2])([CH2]CO)([NH]C(C)(C)C)[C]1=C(C)C(C)=C(C)C1C.Cl.Cl. The molecular weight excluding hydrogens is 440 g/mol. The van der Waals surface area contributed by atoms with Crippen molar-refractivity contribution in [1.29, 1.82) is 0 Å². The summed E-state index contributed by atoms with van der Waals surface area (Å²) in [7, 11) is 1.84. The Bertz CT molecular complexity index is 651. The van der Waals surface area contributed by atoms with Crippen LogP contribution in [0.5, 0.6) is 0 Å². The zero-order chi connectivity index (χ0) is 17.6. The molecule has 0 aromatic heterocycles. The normalized spacial score (nSPS) is 21.8. The molecule has 0 fully saturated rings. The largest absolute Gasteiger partial charge is 0.147 e. The zero-order valence-corrected chi connectivity index (χ0v) is 22.4. The van der Waals surface area contributed by atoms with E-state index in [2.05, 4.69) is 56.4 Å². The third-order valence-corrected chi connectivity index (χ3v) is 31.1. The van der Waals surface area contributed by atoms with E-state index in [1.165, 1.54) is 20.0 Å². The van der Waals surface area contributed by atoms with Crippen molar-refractivity contribution in [1.82, 2.24) is 3.26 Å². The standard InChI is InChI=1S/C9H13.C4H10N.C2H5O.CH3O.CH3.2ClH.H2Si.Zr/c1-6-5-7(2)9(4)8(6)3;1-4(2,3)5;1-2-3;1-2;;;;;/h6H,1-4H3;5H,1-3H3;3H,1-2H2;1H3;1H3;2*1H;1H2;/q;-1;;-1;;;;;+2. The van der Waals surface area contributed by atoms with Crippen LogP contribution in [-0.2, 0) is 19.5 Å². The number of nitrogens with one attached hydrogen (secondary N) is 1. The maximum atomic E-state index is 9.92. The van der Waals surface area contributed by atoms with Crippen molar-refractivity contribution >= 4 is 31.7 Å². The molecule has 0 spiro atoms. The summed E-state index contributed by atoms with van der Waals surface area (Å²) in [5.41, 5.74) is 4.12. The van der Waals surface area contributed by atoms with Gasteiger partial charge in [-0.2, -0.15) is 0 Å². The molecule has 0 aliphatic heterocycles. The number of hydrogen-bond acceptors (Lipinski definition) is 3. The molecule has 0 saturated carbocycles. The van der Waals surface area contributed by atoms with Gasteiger partial charge >= 0.3 is 137 Å². The van der Waals surface area contributed by atoms with Gasteiger partial charge in [0.15, 0.2) is 0 Å². The van der Waals surface area contributed by atoms with Gasteiger partial charge < -0.3 is 0 Å². The van der Waals surface area contributed by atoms with Gasteiger partial charge in [0.1, 0.15) is 0 Å². The first-order valence-electron chi connectivity index (χ1n) is 8.29. The van der Waals surface area contributed by atoms with Crippen molar-refractivity contribution in [3.63, 3.8) is 0 Å². The maximum absolute atomic E-state index is 9.92. The Morgan fingerprint density at radius 1 is 1.17 bits per heavy atom. The Morgan fingerprint density at radius 3 is 1.88 bits per heavy atom. The topological polar surface area (TPSA) is 41.5 Å². The van der Waals surface area contributed by atoms with Crippen LogP contribution in [0.4, 0.5) is 0 Å². The summed E-state index contributed by atoms with van der Waals surface area (Å²) < 4.78 is 14.9. The molecule has 3 nitrogen and oxygen atoms in total. The molecule has 0 heterocycles. The second kappa shape index (κ2) is 7.58. The third kappa shape index (κ3) is 4.47. The van der Waals surface area contributed by atoms with E-state index in [4.69, 9.17) is 2.81 Å². The van der Waals surface area contributed by atoms with Crippen LogP contribution in [-0.4, -0.2) is 31.2 Å². The molecule has 7 heteroatoms. The predicted octanol–water partition coefficient (Wildman–Crippen LogP) is 4.19. The van der Waals surface area contributed by atoms with E-state index in [-0.39, 0.29) is 37.0 Å². The van der Waals surface area contributed by atoms with Crippen LogP contribution in [0, 0.1) is 5.92 Å². The molecule has 0 bridgehead atoms. The smallest absolute Gasteiger partial charge is 0.147 e. The van der Waals surface area contributed by atoms with E-state index in [1.807, 2.05) is 14.0 Å². The summed E-state index contributed by atoms with van der Waals surface area (Å²) in [6, 6.07) is 0. The maximum Gasteiger partial charge on any atom is -0.147 e. The van der Waals surface area contributed by atoms with Gasteiger partial charge in [-0.05, 0) is 0 Å². The minimum atomic E-state index is -4.50. The van der Waals surface area contributed by atoms with E-state index in [9.17, 15) is 5.11 Å². The van der Waals surface area contributed by atoms with Gasteiger partial charge in [0.2, 0.25) is 0 Å². The fourth-order valence-electron chi connectivity index (χ4n) is 4.83. The predicted molar refractivity (Wildman–Crippen MR) is 111 cm³/mol. The Balaban J connectivity index is 0. The zero-order valence-electron chi connectivity index (χ0n) is 16.9. The first-order chi connectivity index (χ1) is 9.66. The molecule has 1 atom stereocenters. The van der Waals surface area contributed by atoms with E-state index in [0.717, 1.165) is 0 Å². The number of aliphatic hydroxyl groups is 1. The number of rotatable bonds is 5. The van der Waals surface area contributed by atoms with Gasteiger partial charge in [-0.3, -0.25) is 0 Å². The van der Waals surface area contributed by atoms with E-state index in [0.29, 0.717) is 10.0 Å². The van der Waals surface area contributed by atoms with E-state index in [1.54, 1.807) is 0 Å². The number of hydrogen-bond donors (Lipinski definition) is 2. The van der Waals surface area contributed by atoms with Crippen molar-refractivity contribution in [3.8, 4) is 0 Å². The Morgan fingerprint density at radius 2 is 1.62 bits per heavy atom. The van der Waals surface area contributed by atoms with Crippen molar-refractivity contribution < 1.29 is 24.6 Å². The number of halogens is 2. The van der Waals surface area contributed by atoms with Crippen LogP contribution >= 0.6 is 24.8 Å². The van der Waals surface area contributed by atoms with Gasteiger partial charge in [0, 0.05) is 0 Å². The molecule has 0 aromatic rings. The van der Waals surface area contributed by atoms with Crippen LogP contribution < -0.4 is 3.26 Å². The van der Waals surface area contributed by atoms with Crippen LogP contribution in [0.15, 0.2) is 20.0 Å². The summed E-state index contributed by atoms with van der Waals surface area (Å²) in [5, 5.41) is 9.92. The Kier molecular flexibility index (Phi) is 8.61. The Labute approximate surface area is 161 Å². The minimum absolute atomic E-state index is 0. The molecule has 0 amide bonds.